The molecule has 0 aliphatic rings. The SMILES string of the molecule is CCCCCC=CCC=CCC(O)CCCCCCCCCCCCCCCCC(=O)O. The lowest BCUT2D eigenvalue weighted by atomic mass is 10.0. The van der Waals surface area contributed by atoms with Crippen LogP contribution in [0.3, 0.4) is 0 Å². The molecule has 0 heterocycles. The van der Waals surface area contributed by atoms with Crippen LogP contribution in [0.5, 0.6) is 0 Å². The fraction of sp³-hybridized carbons (Fsp3) is 0.828. The van der Waals surface area contributed by atoms with E-state index in [-0.39, 0.29) is 6.10 Å². The molecule has 0 aliphatic carbocycles. The summed E-state index contributed by atoms with van der Waals surface area (Å²) in [5.74, 6) is -0.664. The zero-order valence-electron chi connectivity index (χ0n) is 21.2. The van der Waals surface area contributed by atoms with Crippen LogP contribution in [-0.4, -0.2) is 22.3 Å². The first kappa shape index (κ1) is 30.9. The molecule has 3 nitrogen and oxygen atoms in total. The molecule has 0 fully saturated rings. The van der Waals surface area contributed by atoms with Crippen molar-refractivity contribution in [3.05, 3.63) is 24.3 Å². The summed E-state index contributed by atoms with van der Waals surface area (Å²) in [6.07, 6.45) is 34.3. The van der Waals surface area contributed by atoms with Crippen LogP contribution in [0.1, 0.15) is 148 Å². The number of carboxylic acid groups (broad SMARTS) is 1. The summed E-state index contributed by atoms with van der Waals surface area (Å²) in [7, 11) is 0. The third-order valence-corrected chi connectivity index (χ3v) is 6.17. The minimum Gasteiger partial charge on any atom is -0.481 e. The monoisotopic (exact) mass is 450 g/mol. The lowest BCUT2D eigenvalue weighted by Gasteiger charge is -2.07. The highest BCUT2D eigenvalue weighted by Crippen LogP contribution is 2.14. The van der Waals surface area contributed by atoms with E-state index in [1.165, 1.54) is 96.3 Å². The van der Waals surface area contributed by atoms with Crippen molar-refractivity contribution in [2.45, 2.75) is 154 Å². The molecule has 0 aliphatic heterocycles. The molecule has 1 atom stereocenters. The fourth-order valence-electron chi connectivity index (χ4n) is 4.05. The Hall–Kier alpha value is -1.09. The number of aliphatic hydroxyl groups is 1. The molecule has 0 aromatic heterocycles. The van der Waals surface area contributed by atoms with E-state index < -0.39 is 5.97 Å². The van der Waals surface area contributed by atoms with Crippen LogP contribution in [0.15, 0.2) is 24.3 Å². The molecular formula is C29H54O3. The maximum Gasteiger partial charge on any atom is 0.303 e. The Balaban J connectivity index is 3.24. The molecule has 0 saturated heterocycles. The van der Waals surface area contributed by atoms with Gasteiger partial charge in [0.1, 0.15) is 0 Å². The van der Waals surface area contributed by atoms with Gasteiger partial charge in [0, 0.05) is 6.42 Å². The van der Waals surface area contributed by atoms with Gasteiger partial charge in [-0.1, -0.05) is 128 Å². The molecular weight excluding hydrogens is 396 g/mol. The summed E-state index contributed by atoms with van der Waals surface area (Å²) >= 11 is 0. The van der Waals surface area contributed by atoms with Gasteiger partial charge in [0.25, 0.3) is 0 Å². The number of rotatable bonds is 25. The van der Waals surface area contributed by atoms with Gasteiger partial charge in [0.15, 0.2) is 0 Å². The highest BCUT2D eigenvalue weighted by molar-refractivity contribution is 5.66. The predicted octanol–water partition coefficient (Wildman–Crippen LogP) is 9.15. The first-order valence-corrected chi connectivity index (χ1v) is 13.9. The zero-order chi connectivity index (χ0) is 23.5. The van der Waals surface area contributed by atoms with Crippen LogP contribution < -0.4 is 0 Å². The largest absolute Gasteiger partial charge is 0.481 e. The third-order valence-electron chi connectivity index (χ3n) is 6.17. The van der Waals surface area contributed by atoms with Crippen molar-refractivity contribution in [1.82, 2.24) is 0 Å². The van der Waals surface area contributed by atoms with E-state index >= 15 is 0 Å². The Morgan fingerprint density at radius 2 is 1.16 bits per heavy atom. The normalized spacial score (nSPS) is 12.8. The molecule has 32 heavy (non-hydrogen) atoms. The number of carboxylic acids is 1. The Bertz CT molecular complexity index is 442. The van der Waals surface area contributed by atoms with E-state index in [4.69, 9.17) is 5.11 Å². The van der Waals surface area contributed by atoms with Crippen molar-refractivity contribution in [1.29, 1.82) is 0 Å². The molecule has 0 aromatic rings. The molecule has 0 spiro atoms. The van der Waals surface area contributed by atoms with Gasteiger partial charge in [-0.2, -0.15) is 0 Å². The number of hydrogen-bond acceptors (Lipinski definition) is 2. The van der Waals surface area contributed by atoms with Crippen molar-refractivity contribution in [3.8, 4) is 0 Å². The van der Waals surface area contributed by atoms with E-state index in [1.54, 1.807) is 0 Å². The van der Waals surface area contributed by atoms with Crippen molar-refractivity contribution in [3.63, 3.8) is 0 Å². The minimum absolute atomic E-state index is 0.169. The predicted molar refractivity (Wildman–Crippen MR) is 139 cm³/mol. The lowest BCUT2D eigenvalue weighted by molar-refractivity contribution is -0.137. The standard InChI is InChI=1S/C29H54O3/c1-2-3-4-5-6-13-16-19-22-25-28(30)26-23-20-17-14-11-9-7-8-10-12-15-18-21-24-27-29(31)32/h6,13,19,22,28,30H,2-5,7-12,14-18,20-21,23-27H2,1H3,(H,31,32). The number of allylic oxidation sites excluding steroid dienone is 3. The van der Waals surface area contributed by atoms with E-state index in [2.05, 4.69) is 31.2 Å². The van der Waals surface area contributed by atoms with Gasteiger partial charge in [-0.05, 0) is 38.5 Å². The Labute approximate surface area is 199 Å². The van der Waals surface area contributed by atoms with Crippen LogP contribution >= 0.6 is 0 Å². The van der Waals surface area contributed by atoms with Crippen molar-refractivity contribution in [2.24, 2.45) is 0 Å². The Morgan fingerprint density at radius 3 is 1.69 bits per heavy atom. The molecule has 0 amide bonds. The molecule has 0 rings (SSSR count). The molecule has 0 radical (unpaired) electrons. The molecule has 0 bridgehead atoms. The highest BCUT2D eigenvalue weighted by Gasteiger charge is 2.01. The van der Waals surface area contributed by atoms with Crippen molar-refractivity contribution in [2.75, 3.05) is 0 Å². The van der Waals surface area contributed by atoms with Crippen molar-refractivity contribution >= 4 is 5.97 Å². The van der Waals surface area contributed by atoms with E-state index in [1.807, 2.05) is 0 Å². The van der Waals surface area contributed by atoms with Crippen molar-refractivity contribution < 1.29 is 15.0 Å². The van der Waals surface area contributed by atoms with Crippen LogP contribution in [-0.2, 0) is 4.79 Å². The summed E-state index contributed by atoms with van der Waals surface area (Å²) in [5.41, 5.74) is 0. The first-order valence-electron chi connectivity index (χ1n) is 13.9. The van der Waals surface area contributed by atoms with Crippen LogP contribution in [0.4, 0.5) is 0 Å². The summed E-state index contributed by atoms with van der Waals surface area (Å²) in [6.45, 7) is 2.24. The summed E-state index contributed by atoms with van der Waals surface area (Å²) in [4.78, 5) is 10.4. The minimum atomic E-state index is -0.664. The maximum absolute atomic E-state index is 10.4. The Morgan fingerprint density at radius 1 is 0.656 bits per heavy atom. The van der Waals surface area contributed by atoms with Gasteiger partial charge in [-0.15, -0.1) is 0 Å². The van der Waals surface area contributed by atoms with Gasteiger partial charge in [0.2, 0.25) is 0 Å². The number of hydrogen-bond donors (Lipinski definition) is 2. The average molecular weight is 451 g/mol. The molecule has 2 N–H and O–H groups in total. The first-order chi connectivity index (χ1) is 15.7. The average Bonchev–Trinajstić information content (AvgIpc) is 2.77. The number of unbranched alkanes of at least 4 members (excludes halogenated alkanes) is 16. The fourth-order valence-corrected chi connectivity index (χ4v) is 4.05. The van der Waals surface area contributed by atoms with Crippen LogP contribution in [0.2, 0.25) is 0 Å². The highest BCUT2D eigenvalue weighted by atomic mass is 16.4. The van der Waals surface area contributed by atoms with Gasteiger partial charge in [-0.3, -0.25) is 4.79 Å². The van der Waals surface area contributed by atoms with E-state index in [0.29, 0.717) is 6.42 Å². The second kappa shape index (κ2) is 26.2. The summed E-state index contributed by atoms with van der Waals surface area (Å²) in [5, 5.41) is 18.7. The zero-order valence-corrected chi connectivity index (χ0v) is 21.2. The maximum atomic E-state index is 10.4. The molecule has 3 heteroatoms. The van der Waals surface area contributed by atoms with Gasteiger partial charge in [-0.25, -0.2) is 0 Å². The molecule has 1 unspecified atom stereocenters. The lowest BCUT2D eigenvalue weighted by Crippen LogP contribution is -2.04. The number of aliphatic carboxylic acids is 1. The number of aliphatic hydroxyl groups excluding tert-OH is 1. The van der Waals surface area contributed by atoms with E-state index in [0.717, 1.165) is 38.5 Å². The molecule has 0 aromatic carbocycles. The van der Waals surface area contributed by atoms with Gasteiger partial charge >= 0.3 is 5.97 Å². The van der Waals surface area contributed by atoms with Gasteiger partial charge in [0.05, 0.1) is 6.10 Å². The molecule has 188 valence electrons. The van der Waals surface area contributed by atoms with E-state index in [9.17, 15) is 9.90 Å². The second-order valence-corrected chi connectivity index (χ2v) is 9.45. The quantitative estimate of drug-likeness (QED) is 0.108. The second-order valence-electron chi connectivity index (χ2n) is 9.45. The summed E-state index contributed by atoms with van der Waals surface area (Å²) < 4.78 is 0. The smallest absolute Gasteiger partial charge is 0.303 e. The van der Waals surface area contributed by atoms with Crippen LogP contribution in [0.25, 0.3) is 0 Å². The molecule has 0 saturated carbocycles. The Kier molecular flexibility index (Phi) is 25.3. The van der Waals surface area contributed by atoms with Gasteiger partial charge < -0.3 is 10.2 Å². The van der Waals surface area contributed by atoms with Crippen LogP contribution in [0, 0.1) is 0 Å². The number of carbonyl (C=O) groups is 1. The summed E-state index contributed by atoms with van der Waals surface area (Å²) in [6, 6.07) is 0. The topological polar surface area (TPSA) is 57.5 Å². The third kappa shape index (κ3) is 26.9.